The van der Waals surface area contributed by atoms with Crippen LogP contribution >= 0.6 is 0 Å². The van der Waals surface area contributed by atoms with E-state index >= 15 is 0 Å². The third-order valence-electron chi connectivity index (χ3n) is 2.02. The Balaban J connectivity index is 3.79. The van der Waals surface area contributed by atoms with Crippen molar-refractivity contribution in [2.45, 2.75) is 40.5 Å². The third-order valence-corrected chi connectivity index (χ3v) is 2.02. The van der Waals surface area contributed by atoms with Crippen LogP contribution in [0, 0.1) is 11.8 Å². The minimum Gasteiger partial charge on any atom is -0.460 e. The first-order valence-corrected chi connectivity index (χ1v) is 5.17. The molecular formula is C11H20O3. The predicted molar refractivity (Wildman–Crippen MR) is 54.9 cm³/mol. The zero-order chi connectivity index (χ0) is 11.1. The van der Waals surface area contributed by atoms with Gasteiger partial charge in [-0.1, -0.05) is 34.1 Å². The number of carbonyl (C=O) groups excluding carboxylic acids is 2. The number of hydrogen-bond acceptors (Lipinski definition) is 3. The van der Waals surface area contributed by atoms with E-state index in [9.17, 15) is 9.59 Å². The molecule has 0 fully saturated rings. The van der Waals surface area contributed by atoms with Gasteiger partial charge in [0.1, 0.15) is 0 Å². The van der Waals surface area contributed by atoms with Crippen LogP contribution in [0.25, 0.3) is 0 Å². The summed E-state index contributed by atoms with van der Waals surface area (Å²) in [6.07, 6.45) is 1.23. The molecule has 1 unspecified atom stereocenters. The van der Waals surface area contributed by atoms with Crippen LogP contribution in [-0.4, -0.2) is 18.4 Å². The highest BCUT2D eigenvalue weighted by atomic mass is 16.5. The summed E-state index contributed by atoms with van der Waals surface area (Å²) >= 11 is 0. The van der Waals surface area contributed by atoms with Gasteiger partial charge in [0.15, 0.2) is 0 Å². The molecule has 82 valence electrons. The third kappa shape index (κ3) is 5.73. The van der Waals surface area contributed by atoms with E-state index in [1.807, 2.05) is 27.7 Å². The fourth-order valence-corrected chi connectivity index (χ4v) is 0.870. The highest BCUT2D eigenvalue weighted by Gasteiger charge is 2.17. The summed E-state index contributed by atoms with van der Waals surface area (Å²) in [5, 5.41) is 0. The second-order valence-corrected chi connectivity index (χ2v) is 4.13. The van der Waals surface area contributed by atoms with Gasteiger partial charge in [-0.25, -0.2) is 4.79 Å². The van der Waals surface area contributed by atoms with Gasteiger partial charge in [0.05, 0.1) is 6.61 Å². The highest BCUT2D eigenvalue weighted by Crippen LogP contribution is 2.04. The zero-order valence-electron chi connectivity index (χ0n) is 9.50. The van der Waals surface area contributed by atoms with E-state index in [0.29, 0.717) is 12.5 Å². The molecule has 0 heterocycles. The minimum absolute atomic E-state index is 0.207. The number of carbonyl (C=O) groups is 2. The number of hydrogen-bond donors (Lipinski definition) is 0. The first kappa shape index (κ1) is 13.1. The van der Waals surface area contributed by atoms with Gasteiger partial charge in [0.2, 0.25) is 5.78 Å². The van der Waals surface area contributed by atoms with Gasteiger partial charge in [0, 0.05) is 6.42 Å². The Hall–Kier alpha value is -0.860. The molecule has 0 spiro atoms. The first-order chi connectivity index (χ1) is 6.47. The van der Waals surface area contributed by atoms with Gasteiger partial charge in [0.25, 0.3) is 0 Å². The lowest BCUT2D eigenvalue weighted by molar-refractivity contribution is -0.155. The Morgan fingerprint density at radius 1 is 1.21 bits per heavy atom. The van der Waals surface area contributed by atoms with Crippen LogP contribution in [0.4, 0.5) is 0 Å². The number of ether oxygens (including phenoxy) is 1. The second kappa shape index (κ2) is 6.57. The fraction of sp³-hybridized carbons (Fsp3) is 0.818. The zero-order valence-corrected chi connectivity index (χ0v) is 9.50. The lowest BCUT2D eigenvalue weighted by atomic mass is 10.1. The SMILES string of the molecule is CCC(C)COC(=O)C(=O)CC(C)C. The fourth-order valence-electron chi connectivity index (χ4n) is 0.870. The summed E-state index contributed by atoms with van der Waals surface area (Å²) in [4.78, 5) is 22.3. The van der Waals surface area contributed by atoms with Crippen LogP contribution in [0.3, 0.4) is 0 Å². The van der Waals surface area contributed by atoms with Gasteiger partial charge in [-0.2, -0.15) is 0 Å². The number of Topliss-reactive ketones (excluding diaryl/α,β-unsaturated/α-hetero) is 1. The van der Waals surface area contributed by atoms with Crippen molar-refractivity contribution in [3.05, 3.63) is 0 Å². The van der Waals surface area contributed by atoms with Gasteiger partial charge < -0.3 is 4.74 Å². The highest BCUT2D eigenvalue weighted by molar-refractivity contribution is 6.33. The van der Waals surface area contributed by atoms with Gasteiger partial charge in [-0.15, -0.1) is 0 Å². The summed E-state index contributed by atoms with van der Waals surface area (Å²) in [6, 6.07) is 0. The summed E-state index contributed by atoms with van der Waals surface area (Å²) in [7, 11) is 0. The molecular weight excluding hydrogens is 180 g/mol. The van der Waals surface area contributed by atoms with Crippen molar-refractivity contribution < 1.29 is 14.3 Å². The molecule has 0 radical (unpaired) electrons. The average molecular weight is 200 g/mol. The van der Waals surface area contributed by atoms with Crippen molar-refractivity contribution in [2.24, 2.45) is 11.8 Å². The molecule has 0 amide bonds. The lowest BCUT2D eigenvalue weighted by Crippen LogP contribution is -2.21. The molecule has 14 heavy (non-hydrogen) atoms. The Kier molecular flexibility index (Phi) is 6.17. The van der Waals surface area contributed by atoms with Crippen LogP contribution in [0.1, 0.15) is 40.5 Å². The maximum atomic E-state index is 11.2. The maximum absolute atomic E-state index is 11.2. The minimum atomic E-state index is -0.681. The molecule has 0 aromatic heterocycles. The van der Waals surface area contributed by atoms with Crippen molar-refractivity contribution in [1.29, 1.82) is 0 Å². The van der Waals surface area contributed by atoms with Crippen LogP contribution in [0.5, 0.6) is 0 Å². The Morgan fingerprint density at radius 2 is 1.79 bits per heavy atom. The van der Waals surface area contributed by atoms with Crippen molar-refractivity contribution >= 4 is 11.8 Å². The monoisotopic (exact) mass is 200 g/mol. The summed E-state index contributed by atoms with van der Waals surface area (Å²) < 4.78 is 4.87. The number of rotatable bonds is 6. The van der Waals surface area contributed by atoms with Crippen LogP contribution < -0.4 is 0 Å². The standard InChI is InChI=1S/C11H20O3/c1-5-9(4)7-14-11(13)10(12)6-8(2)3/h8-9H,5-7H2,1-4H3. The summed E-state index contributed by atoms with van der Waals surface area (Å²) in [6.45, 7) is 8.16. The van der Waals surface area contributed by atoms with Gasteiger partial charge in [-0.3, -0.25) is 4.79 Å². The maximum Gasteiger partial charge on any atom is 0.374 e. The molecule has 0 aromatic carbocycles. The van der Waals surface area contributed by atoms with E-state index in [-0.39, 0.29) is 12.3 Å². The largest absolute Gasteiger partial charge is 0.460 e. The predicted octanol–water partition coefficient (Wildman–Crippen LogP) is 2.19. The molecule has 0 saturated carbocycles. The molecule has 0 bridgehead atoms. The van der Waals surface area contributed by atoms with E-state index < -0.39 is 11.8 Å². The smallest absolute Gasteiger partial charge is 0.374 e. The Morgan fingerprint density at radius 3 is 2.21 bits per heavy atom. The molecule has 3 nitrogen and oxygen atoms in total. The average Bonchev–Trinajstić information content (AvgIpc) is 2.12. The Labute approximate surface area is 85.8 Å². The van der Waals surface area contributed by atoms with E-state index in [1.54, 1.807) is 0 Å². The molecule has 1 atom stereocenters. The van der Waals surface area contributed by atoms with Crippen LogP contribution in [0.15, 0.2) is 0 Å². The molecule has 0 saturated heterocycles. The number of esters is 1. The molecule has 0 aliphatic heterocycles. The van der Waals surface area contributed by atoms with Gasteiger partial charge >= 0.3 is 5.97 Å². The second-order valence-electron chi connectivity index (χ2n) is 4.13. The van der Waals surface area contributed by atoms with E-state index in [2.05, 4.69) is 0 Å². The van der Waals surface area contributed by atoms with Gasteiger partial charge in [-0.05, 0) is 11.8 Å². The molecule has 3 heteroatoms. The van der Waals surface area contributed by atoms with E-state index in [0.717, 1.165) is 6.42 Å². The normalized spacial score (nSPS) is 12.6. The van der Waals surface area contributed by atoms with E-state index in [1.165, 1.54) is 0 Å². The number of ketones is 1. The molecule has 0 aromatic rings. The van der Waals surface area contributed by atoms with Crippen molar-refractivity contribution in [3.63, 3.8) is 0 Å². The topological polar surface area (TPSA) is 43.4 Å². The van der Waals surface area contributed by atoms with Crippen molar-refractivity contribution in [1.82, 2.24) is 0 Å². The van der Waals surface area contributed by atoms with E-state index in [4.69, 9.17) is 4.74 Å². The molecule has 0 aliphatic rings. The van der Waals surface area contributed by atoms with Crippen LogP contribution in [0.2, 0.25) is 0 Å². The molecule has 0 aliphatic carbocycles. The van der Waals surface area contributed by atoms with Crippen molar-refractivity contribution in [2.75, 3.05) is 6.61 Å². The Bertz CT molecular complexity index is 197. The van der Waals surface area contributed by atoms with Crippen LogP contribution in [-0.2, 0) is 14.3 Å². The van der Waals surface area contributed by atoms with Crippen molar-refractivity contribution in [3.8, 4) is 0 Å². The molecule has 0 N–H and O–H groups in total. The lowest BCUT2D eigenvalue weighted by Gasteiger charge is -2.09. The quantitative estimate of drug-likeness (QED) is 0.487. The summed E-state index contributed by atoms with van der Waals surface area (Å²) in [5.41, 5.74) is 0. The first-order valence-electron chi connectivity index (χ1n) is 5.17. The summed E-state index contributed by atoms with van der Waals surface area (Å²) in [5.74, 6) is -0.563. The molecule has 0 rings (SSSR count).